The van der Waals surface area contributed by atoms with Crippen LogP contribution >= 0.6 is 15.9 Å². The van der Waals surface area contributed by atoms with E-state index in [1.54, 1.807) is 6.07 Å². The van der Waals surface area contributed by atoms with Crippen molar-refractivity contribution in [2.45, 2.75) is 52.5 Å². The van der Waals surface area contributed by atoms with Gasteiger partial charge in [0.15, 0.2) is 0 Å². The van der Waals surface area contributed by atoms with Gasteiger partial charge in [0.1, 0.15) is 5.82 Å². The van der Waals surface area contributed by atoms with Crippen LogP contribution in [0.5, 0.6) is 0 Å². The molecule has 112 valence electrons. The Hall–Kier alpha value is -0.410. The summed E-state index contributed by atoms with van der Waals surface area (Å²) in [5.41, 5.74) is 7.54. The fourth-order valence-corrected chi connectivity index (χ4v) is 4.28. The molecule has 2 N–H and O–H groups in total. The van der Waals surface area contributed by atoms with Crippen LogP contribution in [0.2, 0.25) is 0 Å². The molecule has 1 saturated carbocycles. The zero-order chi connectivity index (χ0) is 14.9. The summed E-state index contributed by atoms with van der Waals surface area (Å²) in [7, 11) is 0. The highest BCUT2D eigenvalue weighted by Crippen LogP contribution is 2.41. The van der Waals surface area contributed by atoms with Crippen molar-refractivity contribution in [3.8, 4) is 0 Å². The molecule has 1 fully saturated rings. The minimum absolute atomic E-state index is 0.104. The summed E-state index contributed by atoms with van der Waals surface area (Å²) in [5.74, 6) is 1.08. The average molecular weight is 342 g/mol. The first-order chi connectivity index (χ1) is 9.28. The highest BCUT2D eigenvalue weighted by molar-refractivity contribution is 9.10. The molecule has 3 atom stereocenters. The van der Waals surface area contributed by atoms with E-state index in [9.17, 15) is 4.39 Å². The number of hydrogen-bond donors (Lipinski definition) is 1. The van der Waals surface area contributed by atoms with Crippen LogP contribution in [0, 0.1) is 23.1 Å². The second kappa shape index (κ2) is 6.15. The predicted molar refractivity (Wildman–Crippen MR) is 86.1 cm³/mol. The summed E-state index contributed by atoms with van der Waals surface area (Å²) >= 11 is 3.37. The van der Waals surface area contributed by atoms with Crippen LogP contribution in [-0.4, -0.2) is 6.04 Å². The normalized spacial score (nSPS) is 27.6. The lowest BCUT2D eigenvalue weighted by atomic mass is 9.64. The molecule has 3 heteroatoms. The SMILES string of the molecule is CC1CCC(C(C)(C)Cc2cc(F)cc(Br)c2)C(N)C1. The van der Waals surface area contributed by atoms with E-state index < -0.39 is 0 Å². The van der Waals surface area contributed by atoms with Crippen molar-refractivity contribution in [3.63, 3.8) is 0 Å². The van der Waals surface area contributed by atoms with E-state index in [4.69, 9.17) is 5.73 Å². The molecule has 0 spiro atoms. The van der Waals surface area contributed by atoms with Gasteiger partial charge in [-0.25, -0.2) is 4.39 Å². The van der Waals surface area contributed by atoms with Gasteiger partial charge in [-0.05, 0) is 60.3 Å². The van der Waals surface area contributed by atoms with Gasteiger partial charge in [0.25, 0.3) is 0 Å². The largest absolute Gasteiger partial charge is 0.327 e. The number of benzene rings is 1. The minimum Gasteiger partial charge on any atom is -0.327 e. The number of rotatable bonds is 3. The van der Waals surface area contributed by atoms with Crippen molar-refractivity contribution in [3.05, 3.63) is 34.1 Å². The van der Waals surface area contributed by atoms with Crippen LogP contribution in [0.25, 0.3) is 0 Å². The molecule has 1 aromatic carbocycles. The number of halogens is 2. The van der Waals surface area contributed by atoms with Gasteiger partial charge in [-0.2, -0.15) is 0 Å². The van der Waals surface area contributed by atoms with Crippen LogP contribution in [0.1, 0.15) is 45.6 Å². The van der Waals surface area contributed by atoms with Crippen molar-refractivity contribution in [2.75, 3.05) is 0 Å². The van der Waals surface area contributed by atoms with Crippen molar-refractivity contribution in [2.24, 2.45) is 23.0 Å². The third kappa shape index (κ3) is 3.82. The molecule has 1 aliphatic carbocycles. The van der Waals surface area contributed by atoms with Crippen molar-refractivity contribution in [1.29, 1.82) is 0 Å². The Morgan fingerprint density at radius 1 is 1.30 bits per heavy atom. The molecule has 0 heterocycles. The van der Waals surface area contributed by atoms with Gasteiger partial charge >= 0.3 is 0 Å². The molecule has 0 saturated heterocycles. The molecule has 0 aromatic heterocycles. The second-order valence-corrected chi connectivity index (χ2v) is 8.05. The van der Waals surface area contributed by atoms with Crippen molar-refractivity contribution >= 4 is 15.9 Å². The summed E-state index contributed by atoms with van der Waals surface area (Å²) in [6.07, 6.45) is 4.43. The van der Waals surface area contributed by atoms with E-state index >= 15 is 0 Å². The first-order valence-corrected chi connectivity index (χ1v) is 8.28. The van der Waals surface area contributed by atoms with Gasteiger partial charge in [0.05, 0.1) is 0 Å². The fraction of sp³-hybridized carbons (Fsp3) is 0.647. The monoisotopic (exact) mass is 341 g/mol. The molecule has 3 unspecified atom stereocenters. The molecule has 2 rings (SSSR count). The molecule has 1 aromatic rings. The molecule has 0 aliphatic heterocycles. The van der Waals surface area contributed by atoms with E-state index in [0.717, 1.165) is 28.8 Å². The van der Waals surface area contributed by atoms with Gasteiger partial charge in [-0.1, -0.05) is 43.1 Å². The summed E-state index contributed by atoms with van der Waals surface area (Å²) in [6, 6.07) is 5.43. The third-order valence-corrected chi connectivity index (χ3v) is 5.21. The first-order valence-electron chi connectivity index (χ1n) is 7.48. The maximum atomic E-state index is 13.5. The summed E-state index contributed by atoms with van der Waals surface area (Å²) in [6.45, 7) is 6.82. The van der Waals surface area contributed by atoms with E-state index in [2.05, 4.69) is 36.7 Å². The van der Waals surface area contributed by atoms with Crippen LogP contribution < -0.4 is 5.73 Å². The van der Waals surface area contributed by atoms with Gasteiger partial charge in [-0.3, -0.25) is 0 Å². The van der Waals surface area contributed by atoms with Gasteiger partial charge in [0.2, 0.25) is 0 Å². The van der Waals surface area contributed by atoms with Gasteiger partial charge in [0, 0.05) is 10.5 Å². The summed E-state index contributed by atoms with van der Waals surface area (Å²) in [4.78, 5) is 0. The van der Waals surface area contributed by atoms with E-state index in [-0.39, 0.29) is 17.3 Å². The minimum atomic E-state index is -0.174. The van der Waals surface area contributed by atoms with Crippen LogP contribution in [0.15, 0.2) is 22.7 Å². The van der Waals surface area contributed by atoms with Crippen molar-refractivity contribution in [1.82, 2.24) is 0 Å². The molecule has 1 nitrogen and oxygen atoms in total. The molecular formula is C17H25BrFN. The Morgan fingerprint density at radius 2 is 2.00 bits per heavy atom. The highest BCUT2D eigenvalue weighted by Gasteiger charge is 2.37. The Kier molecular flexibility index (Phi) is 4.91. The van der Waals surface area contributed by atoms with E-state index in [1.165, 1.54) is 18.9 Å². The predicted octanol–water partition coefficient (Wildman–Crippen LogP) is 4.92. The summed E-state index contributed by atoms with van der Waals surface area (Å²) in [5, 5.41) is 0. The summed E-state index contributed by atoms with van der Waals surface area (Å²) < 4.78 is 14.3. The number of nitrogens with two attached hydrogens (primary N) is 1. The average Bonchev–Trinajstić information content (AvgIpc) is 2.25. The standard InChI is InChI=1S/C17H25BrFN/c1-11-4-5-15(16(20)6-11)17(2,3)10-12-7-13(18)9-14(19)8-12/h7-9,11,15-16H,4-6,10,20H2,1-3H3. The Morgan fingerprint density at radius 3 is 2.60 bits per heavy atom. The smallest absolute Gasteiger partial charge is 0.124 e. The van der Waals surface area contributed by atoms with E-state index in [0.29, 0.717) is 5.92 Å². The number of hydrogen-bond acceptors (Lipinski definition) is 1. The third-order valence-electron chi connectivity index (χ3n) is 4.75. The fourth-order valence-electron chi connectivity index (χ4n) is 3.77. The lowest BCUT2D eigenvalue weighted by Gasteiger charge is -2.43. The van der Waals surface area contributed by atoms with Crippen molar-refractivity contribution < 1.29 is 4.39 Å². The molecule has 1 aliphatic rings. The van der Waals surface area contributed by atoms with Crippen LogP contribution in [-0.2, 0) is 6.42 Å². The molecule has 0 bridgehead atoms. The Labute approximate surface area is 130 Å². The van der Waals surface area contributed by atoms with Crippen LogP contribution in [0.4, 0.5) is 4.39 Å². The van der Waals surface area contributed by atoms with Gasteiger partial charge < -0.3 is 5.73 Å². The molecule has 20 heavy (non-hydrogen) atoms. The lowest BCUT2D eigenvalue weighted by Crippen LogP contribution is -2.44. The Balaban J connectivity index is 2.13. The maximum absolute atomic E-state index is 13.5. The second-order valence-electron chi connectivity index (χ2n) is 7.13. The molecule has 0 radical (unpaired) electrons. The van der Waals surface area contributed by atoms with E-state index in [1.807, 2.05) is 6.07 Å². The Bertz CT molecular complexity index is 452. The molecule has 0 amide bonds. The zero-order valence-electron chi connectivity index (χ0n) is 12.6. The lowest BCUT2D eigenvalue weighted by molar-refractivity contribution is 0.113. The highest BCUT2D eigenvalue weighted by atomic mass is 79.9. The first kappa shape index (κ1) is 16.0. The van der Waals surface area contributed by atoms with Crippen LogP contribution in [0.3, 0.4) is 0 Å². The topological polar surface area (TPSA) is 26.0 Å². The zero-order valence-corrected chi connectivity index (χ0v) is 14.2. The maximum Gasteiger partial charge on any atom is 0.124 e. The molecular weight excluding hydrogens is 317 g/mol. The van der Waals surface area contributed by atoms with Gasteiger partial charge in [-0.15, -0.1) is 0 Å². The quantitative estimate of drug-likeness (QED) is 0.829.